The Hall–Kier alpha value is -1.83. The second kappa shape index (κ2) is 10.0. The lowest BCUT2D eigenvalue weighted by molar-refractivity contribution is -0.116. The van der Waals surface area contributed by atoms with Gasteiger partial charge in [0.25, 0.3) is 0 Å². The van der Waals surface area contributed by atoms with E-state index in [4.69, 9.17) is 4.74 Å². The first-order valence-electron chi connectivity index (χ1n) is 6.67. The van der Waals surface area contributed by atoms with Gasteiger partial charge in [-0.2, -0.15) is 5.10 Å². The average Bonchev–Trinajstić information content (AvgIpc) is 2.73. The Labute approximate surface area is 147 Å². The fourth-order valence-corrected chi connectivity index (χ4v) is 1.86. The van der Waals surface area contributed by atoms with Crippen molar-refractivity contribution in [2.24, 2.45) is 7.05 Å². The second-order valence-corrected chi connectivity index (χ2v) is 4.58. The highest BCUT2D eigenvalue weighted by molar-refractivity contribution is 5.92. The van der Waals surface area contributed by atoms with Gasteiger partial charge >= 0.3 is 0 Å². The maximum absolute atomic E-state index is 11.9. The van der Waals surface area contributed by atoms with Crippen molar-refractivity contribution in [1.29, 1.82) is 0 Å². The maximum atomic E-state index is 11.9. The van der Waals surface area contributed by atoms with Crippen LogP contribution in [0, 0.1) is 6.92 Å². The van der Waals surface area contributed by atoms with Crippen molar-refractivity contribution in [2.75, 3.05) is 18.9 Å². The van der Waals surface area contributed by atoms with Gasteiger partial charge in [0.1, 0.15) is 11.4 Å². The summed E-state index contributed by atoms with van der Waals surface area (Å²) in [7, 11) is 3.57. The molecular formula is C14H21Cl2N5O2. The molecule has 0 fully saturated rings. The maximum Gasteiger partial charge on any atom is 0.241 e. The molecule has 0 saturated heterocycles. The molecule has 2 rings (SSSR count). The van der Waals surface area contributed by atoms with Crippen LogP contribution in [0.5, 0.6) is 11.6 Å². The first-order valence-corrected chi connectivity index (χ1v) is 6.67. The summed E-state index contributed by atoms with van der Waals surface area (Å²) in [5.74, 6) is 0.987. The third-order valence-corrected chi connectivity index (χ3v) is 2.88. The zero-order chi connectivity index (χ0) is 15.2. The van der Waals surface area contributed by atoms with Crippen LogP contribution < -0.4 is 15.4 Å². The van der Waals surface area contributed by atoms with E-state index in [1.165, 1.54) is 0 Å². The number of aromatic nitrogens is 3. The monoisotopic (exact) mass is 361 g/mol. The molecular weight excluding hydrogens is 341 g/mol. The highest BCUT2D eigenvalue weighted by atomic mass is 35.5. The fraction of sp³-hybridized carbons (Fsp3) is 0.357. The van der Waals surface area contributed by atoms with Gasteiger partial charge < -0.3 is 15.4 Å². The lowest BCUT2D eigenvalue weighted by Gasteiger charge is -2.09. The van der Waals surface area contributed by atoms with Gasteiger partial charge in [0.15, 0.2) is 0 Å². The quantitative estimate of drug-likeness (QED) is 0.824. The van der Waals surface area contributed by atoms with E-state index in [1.54, 1.807) is 43.3 Å². The number of nitrogens with one attached hydrogen (secondary N) is 2. The van der Waals surface area contributed by atoms with Crippen molar-refractivity contribution in [3.63, 3.8) is 0 Å². The van der Waals surface area contributed by atoms with Crippen molar-refractivity contribution in [1.82, 2.24) is 20.1 Å². The molecule has 128 valence electrons. The van der Waals surface area contributed by atoms with Gasteiger partial charge in [0, 0.05) is 26.2 Å². The second-order valence-electron chi connectivity index (χ2n) is 4.58. The predicted molar refractivity (Wildman–Crippen MR) is 93.9 cm³/mol. The van der Waals surface area contributed by atoms with Gasteiger partial charge in [0.2, 0.25) is 11.8 Å². The zero-order valence-corrected chi connectivity index (χ0v) is 14.8. The summed E-state index contributed by atoms with van der Waals surface area (Å²) in [5, 5.41) is 10.1. The smallest absolute Gasteiger partial charge is 0.241 e. The summed E-state index contributed by atoms with van der Waals surface area (Å²) in [5.41, 5.74) is 1.29. The molecule has 0 bridgehead atoms. The van der Waals surface area contributed by atoms with E-state index in [9.17, 15) is 4.79 Å². The summed E-state index contributed by atoms with van der Waals surface area (Å²) >= 11 is 0. The van der Waals surface area contributed by atoms with Crippen LogP contribution in [0.25, 0.3) is 0 Å². The molecule has 0 aliphatic heterocycles. The molecule has 0 aliphatic rings. The molecule has 1 amide bonds. The van der Waals surface area contributed by atoms with Gasteiger partial charge in [0.05, 0.1) is 11.9 Å². The van der Waals surface area contributed by atoms with E-state index in [-0.39, 0.29) is 30.7 Å². The van der Waals surface area contributed by atoms with E-state index >= 15 is 0 Å². The van der Waals surface area contributed by atoms with E-state index in [2.05, 4.69) is 20.7 Å². The number of rotatable bonds is 6. The number of amides is 1. The number of nitrogens with zero attached hydrogens (tertiary/aromatic N) is 3. The van der Waals surface area contributed by atoms with Gasteiger partial charge in [-0.05, 0) is 26.1 Å². The molecule has 2 aromatic rings. The number of anilines is 1. The normalized spacial score (nSPS) is 9.52. The van der Waals surface area contributed by atoms with E-state index < -0.39 is 0 Å². The largest absolute Gasteiger partial charge is 0.436 e. The number of ether oxygens (including phenoxy) is 1. The summed E-state index contributed by atoms with van der Waals surface area (Å²) in [4.78, 5) is 15.9. The van der Waals surface area contributed by atoms with Crippen LogP contribution in [0.3, 0.4) is 0 Å². The predicted octanol–water partition coefficient (Wildman–Crippen LogP) is 2.31. The first-order chi connectivity index (χ1) is 10.1. The molecule has 0 spiro atoms. The zero-order valence-electron chi connectivity index (χ0n) is 13.2. The van der Waals surface area contributed by atoms with E-state index in [0.717, 1.165) is 0 Å². The van der Waals surface area contributed by atoms with Gasteiger partial charge in [-0.3, -0.25) is 9.78 Å². The molecule has 0 aliphatic carbocycles. The van der Waals surface area contributed by atoms with Gasteiger partial charge in [-0.15, -0.1) is 24.8 Å². The van der Waals surface area contributed by atoms with Crippen molar-refractivity contribution in [3.8, 4) is 11.6 Å². The molecule has 0 saturated carbocycles. The number of carbonyl (C=O) groups excluding carboxylic acids is 1. The van der Waals surface area contributed by atoms with Crippen molar-refractivity contribution < 1.29 is 9.53 Å². The number of hydrogen-bond acceptors (Lipinski definition) is 5. The molecule has 9 heteroatoms. The molecule has 0 atom stereocenters. The lowest BCUT2D eigenvalue weighted by atomic mass is 10.3. The van der Waals surface area contributed by atoms with Gasteiger partial charge in [-0.1, -0.05) is 0 Å². The SMILES string of the molecule is CNCCC(=O)Nc1c(C)nn(C)c1Oc1cccnc1.Cl.Cl. The number of halogens is 2. The van der Waals surface area contributed by atoms with Crippen LogP contribution in [-0.2, 0) is 11.8 Å². The van der Waals surface area contributed by atoms with Crippen LogP contribution in [-0.4, -0.2) is 34.3 Å². The first kappa shape index (κ1) is 21.2. The molecule has 0 unspecified atom stereocenters. The third-order valence-electron chi connectivity index (χ3n) is 2.88. The minimum absolute atomic E-state index is 0. The molecule has 0 aromatic carbocycles. The van der Waals surface area contributed by atoms with E-state index in [0.29, 0.717) is 36.0 Å². The molecule has 7 nitrogen and oxygen atoms in total. The molecule has 2 aromatic heterocycles. The minimum atomic E-state index is -0.0866. The summed E-state index contributed by atoms with van der Waals surface area (Å²) in [6.07, 6.45) is 3.66. The Bertz CT molecular complexity index is 619. The van der Waals surface area contributed by atoms with Crippen LogP contribution in [0.1, 0.15) is 12.1 Å². The standard InChI is InChI=1S/C14H19N5O2.2ClH/c1-10-13(17-12(20)6-8-15-2)14(19(3)18-10)21-11-5-4-7-16-9-11;;/h4-5,7,9,15H,6,8H2,1-3H3,(H,17,20);2*1H. The molecule has 2 N–H and O–H groups in total. The highest BCUT2D eigenvalue weighted by Gasteiger charge is 2.17. The Morgan fingerprint density at radius 1 is 1.39 bits per heavy atom. The van der Waals surface area contributed by atoms with Crippen molar-refractivity contribution in [3.05, 3.63) is 30.2 Å². The molecule has 23 heavy (non-hydrogen) atoms. The molecule has 2 heterocycles. The summed E-state index contributed by atoms with van der Waals surface area (Å²) in [6.45, 7) is 2.44. The van der Waals surface area contributed by atoms with E-state index in [1.807, 2.05) is 6.92 Å². The van der Waals surface area contributed by atoms with Crippen molar-refractivity contribution >= 4 is 36.4 Å². The van der Waals surface area contributed by atoms with Crippen LogP contribution in [0.4, 0.5) is 5.69 Å². The Balaban J connectivity index is 0.00000242. The van der Waals surface area contributed by atoms with Crippen molar-refractivity contribution in [2.45, 2.75) is 13.3 Å². The fourth-order valence-electron chi connectivity index (χ4n) is 1.86. The third kappa shape index (κ3) is 5.70. The number of carbonyl (C=O) groups is 1. The highest BCUT2D eigenvalue weighted by Crippen LogP contribution is 2.31. The topological polar surface area (TPSA) is 81.1 Å². The van der Waals surface area contributed by atoms with Gasteiger partial charge in [-0.25, -0.2) is 4.68 Å². The molecule has 0 radical (unpaired) electrons. The van der Waals surface area contributed by atoms with Crippen LogP contribution in [0.2, 0.25) is 0 Å². The Morgan fingerprint density at radius 3 is 2.74 bits per heavy atom. The van der Waals surface area contributed by atoms with Crippen LogP contribution in [0.15, 0.2) is 24.5 Å². The Morgan fingerprint density at radius 2 is 2.13 bits per heavy atom. The lowest BCUT2D eigenvalue weighted by Crippen LogP contribution is -2.19. The number of pyridine rings is 1. The number of aryl methyl sites for hydroxylation is 2. The average molecular weight is 362 g/mol. The summed E-state index contributed by atoms with van der Waals surface area (Å²) < 4.78 is 7.37. The van der Waals surface area contributed by atoms with Crippen LogP contribution >= 0.6 is 24.8 Å². The number of hydrogen-bond donors (Lipinski definition) is 2. The summed E-state index contributed by atoms with van der Waals surface area (Å²) in [6, 6.07) is 3.58. The Kier molecular flexibility index (Phi) is 9.24. The minimum Gasteiger partial charge on any atom is -0.436 e.